The largest absolute Gasteiger partial charge is 0.450 e. The minimum Gasteiger partial charge on any atom is -0.450 e. The Kier molecular flexibility index (Phi) is 5.66. The Hall–Kier alpha value is -1.28. The summed E-state index contributed by atoms with van der Waals surface area (Å²) in [4.78, 5) is 13.4. The Bertz CT molecular complexity index is 359. The first kappa shape index (κ1) is 15.1. The third kappa shape index (κ3) is 3.86. The smallest absolute Gasteiger partial charge is 0.409 e. The third-order valence-corrected chi connectivity index (χ3v) is 4.40. The van der Waals surface area contributed by atoms with E-state index in [1.165, 1.54) is 12.8 Å². The molecule has 112 valence electrons. The molecule has 1 aliphatic carbocycles. The van der Waals surface area contributed by atoms with E-state index in [0.717, 1.165) is 38.8 Å². The Morgan fingerprint density at radius 2 is 2.00 bits per heavy atom. The van der Waals surface area contributed by atoms with Gasteiger partial charge in [-0.3, -0.25) is 0 Å². The second kappa shape index (κ2) is 7.49. The third-order valence-electron chi connectivity index (χ3n) is 4.40. The summed E-state index contributed by atoms with van der Waals surface area (Å²) in [7, 11) is 0. The van der Waals surface area contributed by atoms with Crippen LogP contribution in [0.15, 0.2) is 0 Å². The van der Waals surface area contributed by atoms with Crippen molar-refractivity contribution in [2.75, 3.05) is 19.7 Å². The number of hydrogen-bond acceptors (Lipinski definition) is 4. The highest BCUT2D eigenvalue weighted by atomic mass is 16.6. The van der Waals surface area contributed by atoms with Gasteiger partial charge in [-0.25, -0.2) is 4.79 Å². The molecule has 0 radical (unpaired) electrons. The van der Waals surface area contributed by atoms with E-state index in [1.807, 2.05) is 6.92 Å². The number of amides is 1. The van der Waals surface area contributed by atoms with E-state index >= 15 is 0 Å². The van der Waals surface area contributed by atoms with Crippen molar-refractivity contribution in [3.05, 3.63) is 0 Å². The van der Waals surface area contributed by atoms with Crippen LogP contribution in [-0.2, 0) is 4.74 Å². The average Bonchev–Trinajstić information content (AvgIpc) is 2.49. The van der Waals surface area contributed by atoms with Crippen molar-refractivity contribution >= 4 is 6.09 Å². The molecule has 2 aliphatic rings. The molecule has 0 aromatic carbocycles. The van der Waals surface area contributed by atoms with Gasteiger partial charge in [0.05, 0.1) is 18.6 Å². The molecule has 1 N–H and O–H groups in total. The molecule has 1 aliphatic heterocycles. The van der Waals surface area contributed by atoms with Gasteiger partial charge in [0.2, 0.25) is 0 Å². The highest BCUT2D eigenvalue weighted by Gasteiger charge is 2.29. The van der Waals surface area contributed by atoms with Crippen LogP contribution in [0.25, 0.3) is 0 Å². The van der Waals surface area contributed by atoms with Gasteiger partial charge in [-0.15, -0.1) is 0 Å². The Morgan fingerprint density at radius 3 is 2.65 bits per heavy atom. The van der Waals surface area contributed by atoms with Gasteiger partial charge >= 0.3 is 6.09 Å². The number of nitrogens with one attached hydrogen (secondary N) is 1. The first-order chi connectivity index (χ1) is 9.74. The lowest BCUT2D eigenvalue weighted by atomic mass is 9.84. The van der Waals surface area contributed by atoms with E-state index in [2.05, 4.69) is 11.4 Å². The fraction of sp³-hybridized carbons (Fsp3) is 0.867. The van der Waals surface area contributed by atoms with Crippen molar-refractivity contribution in [1.82, 2.24) is 10.2 Å². The number of rotatable bonds is 3. The van der Waals surface area contributed by atoms with Crippen LogP contribution in [0.2, 0.25) is 0 Å². The fourth-order valence-electron chi connectivity index (χ4n) is 3.23. The van der Waals surface area contributed by atoms with Gasteiger partial charge in [-0.2, -0.15) is 5.26 Å². The lowest BCUT2D eigenvalue weighted by molar-refractivity contribution is 0.0929. The van der Waals surface area contributed by atoms with E-state index in [0.29, 0.717) is 18.7 Å². The molecule has 2 rings (SSSR count). The highest BCUT2D eigenvalue weighted by Crippen LogP contribution is 2.25. The van der Waals surface area contributed by atoms with E-state index < -0.39 is 0 Å². The standard InChI is InChI=1S/C15H25N3O2/c1-2-20-15(19)18-9-7-13(8-10-18)17-14-6-4-3-5-12(14)11-16/h12-14,17H,2-10H2,1H3. The number of carbonyl (C=O) groups excluding carboxylic acids is 1. The summed E-state index contributed by atoms with van der Waals surface area (Å²) in [6, 6.07) is 3.21. The van der Waals surface area contributed by atoms with Crippen molar-refractivity contribution in [3.8, 4) is 6.07 Å². The molecule has 0 bridgehead atoms. The van der Waals surface area contributed by atoms with E-state index in [-0.39, 0.29) is 12.0 Å². The number of nitrogens with zero attached hydrogens (tertiary/aromatic N) is 2. The molecular formula is C15H25N3O2. The molecule has 1 saturated heterocycles. The minimum absolute atomic E-state index is 0.159. The molecular weight excluding hydrogens is 254 g/mol. The molecule has 1 heterocycles. The van der Waals surface area contributed by atoms with Crippen molar-refractivity contribution in [1.29, 1.82) is 5.26 Å². The Balaban J connectivity index is 1.76. The maximum Gasteiger partial charge on any atom is 0.409 e. The summed E-state index contributed by atoms with van der Waals surface area (Å²) in [5.41, 5.74) is 0. The summed E-state index contributed by atoms with van der Waals surface area (Å²) >= 11 is 0. The van der Waals surface area contributed by atoms with Gasteiger partial charge in [0.25, 0.3) is 0 Å². The number of nitriles is 1. The van der Waals surface area contributed by atoms with Crippen molar-refractivity contribution in [2.45, 2.75) is 57.5 Å². The zero-order valence-corrected chi connectivity index (χ0v) is 12.3. The monoisotopic (exact) mass is 279 g/mol. The molecule has 0 aromatic heterocycles. The molecule has 2 fully saturated rings. The summed E-state index contributed by atoms with van der Waals surface area (Å²) in [5.74, 6) is 0.159. The molecule has 5 nitrogen and oxygen atoms in total. The maximum atomic E-state index is 11.6. The first-order valence-corrected chi connectivity index (χ1v) is 7.82. The summed E-state index contributed by atoms with van der Waals surface area (Å²) in [6.07, 6.45) is 6.24. The van der Waals surface area contributed by atoms with Crippen LogP contribution in [0, 0.1) is 17.2 Å². The fourth-order valence-corrected chi connectivity index (χ4v) is 3.23. The SMILES string of the molecule is CCOC(=O)N1CCC(NC2CCCCC2C#N)CC1. The molecule has 1 amide bonds. The van der Waals surface area contributed by atoms with Crippen molar-refractivity contribution < 1.29 is 9.53 Å². The second-order valence-electron chi connectivity index (χ2n) is 5.75. The summed E-state index contributed by atoms with van der Waals surface area (Å²) < 4.78 is 5.02. The Morgan fingerprint density at radius 1 is 1.30 bits per heavy atom. The van der Waals surface area contributed by atoms with E-state index in [1.54, 1.807) is 4.90 Å². The lowest BCUT2D eigenvalue weighted by Gasteiger charge is -2.36. The number of ether oxygens (including phenoxy) is 1. The number of piperidine rings is 1. The van der Waals surface area contributed by atoms with Gasteiger partial charge in [0, 0.05) is 25.2 Å². The zero-order chi connectivity index (χ0) is 14.4. The van der Waals surface area contributed by atoms with E-state index in [9.17, 15) is 10.1 Å². The number of carbonyl (C=O) groups is 1. The van der Waals surface area contributed by atoms with Crippen LogP contribution < -0.4 is 5.32 Å². The van der Waals surface area contributed by atoms with E-state index in [4.69, 9.17) is 4.74 Å². The molecule has 2 unspecified atom stereocenters. The predicted octanol–water partition coefficient (Wildman–Crippen LogP) is 2.28. The quantitative estimate of drug-likeness (QED) is 0.860. The van der Waals surface area contributed by atoms with Gasteiger partial charge in [0.1, 0.15) is 0 Å². The molecule has 2 atom stereocenters. The lowest BCUT2D eigenvalue weighted by Crippen LogP contribution is -2.50. The molecule has 0 spiro atoms. The molecule has 1 saturated carbocycles. The van der Waals surface area contributed by atoms with Crippen molar-refractivity contribution in [2.24, 2.45) is 5.92 Å². The second-order valence-corrected chi connectivity index (χ2v) is 5.75. The first-order valence-electron chi connectivity index (χ1n) is 7.82. The Labute approximate surface area is 121 Å². The van der Waals surface area contributed by atoms with Crippen LogP contribution in [0.5, 0.6) is 0 Å². The summed E-state index contributed by atoms with van der Waals surface area (Å²) in [5, 5.41) is 12.9. The van der Waals surface area contributed by atoms with Crippen LogP contribution in [0.1, 0.15) is 45.4 Å². The molecule has 0 aromatic rings. The zero-order valence-electron chi connectivity index (χ0n) is 12.3. The average molecular weight is 279 g/mol. The maximum absolute atomic E-state index is 11.6. The predicted molar refractivity (Wildman–Crippen MR) is 76.1 cm³/mol. The topological polar surface area (TPSA) is 65.4 Å². The summed E-state index contributed by atoms with van der Waals surface area (Å²) in [6.45, 7) is 3.77. The van der Waals surface area contributed by atoms with Gasteiger partial charge < -0.3 is 15.0 Å². The molecule has 20 heavy (non-hydrogen) atoms. The number of likely N-dealkylation sites (tertiary alicyclic amines) is 1. The van der Waals surface area contributed by atoms with Crippen molar-refractivity contribution in [3.63, 3.8) is 0 Å². The minimum atomic E-state index is -0.196. The highest BCUT2D eigenvalue weighted by molar-refractivity contribution is 5.67. The van der Waals surface area contributed by atoms with Crippen LogP contribution in [-0.4, -0.2) is 42.8 Å². The van der Waals surface area contributed by atoms with Gasteiger partial charge in [0.15, 0.2) is 0 Å². The van der Waals surface area contributed by atoms with Gasteiger partial charge in [-0.1, -0.05) is 12.8 Å². The van der Waals surface area contributed by atoms with Crippen LogP contribution in [0.3, 0.4) is 0 Å². The molecule has 5 heteroatoms. The normalized spacial score (nSPS) is 27.9. The van der Waals surface area contributed by atoms with Crippen LogP contribution in [0.4, 0.5) is 4.79 Å². The number of hydrogen-bond donors (Lipinski definition) is 1. The van der Waals surface area contributed by atoms with Crippen LogP contribution >= 0.6 is 0 Å². The van der Waals surface area contributed by atoms with Gasteiger partial charge in [-0.05, 0) is 32.6 Å².